The lowest BCUT2D eigenvalue weighted by Gasteiger charge is -2.04. The minimum atomic E-state index is 0.0209. The Hall–Kier alpha value is -1.27. The molecule has 0 spiro atoms. The van der Waals surface area contributed by atoms with E-state index in [1.807, 2.05) is 0 Å². The normalized spacial score (nSPS) is 9.07. The monoisotopic (exact) mass is 194 g/mol. The van der Waals surface area contributed by atoms with E-state index in [1.165, 1.54) is 0 Å². The molecule has 0 saturated carbocycles. The Labute approximate surface area is 86.0 Å². The molecular formula is C11H18N2O. The number of carbonyl (C=O) groups is 1. The van der Waals surface area contributed by atoms with Gasteiger partial charge in [0, 0.05) is 19.5 Å². The van der Waals surface area contributed by atoms with Crippen LogP contribution in [0.3, 0.4) is 0 Å². The van der Waals surface area contributed by atoms with Crippen molar-refractivity contribution < 1.29 is 4.79 Å². The summed E-state index contributed by atoms with van der Waals surface area (Å²) in [5.74, 6) is 2.58. The van der Waals surface area contributed by atoms with Gasteiger partial charge in [-0.2, -0.15) is 0 Å². The summed E-state index contributed by atoms with van der Waals surface area (Å²) in [5, 5.41) is 5.72. The fraction of sp³-hybridized carbons (Fsp3) is 0.545. The van der Waals surface area contributed by atoms with Crippen LogP contribution in [0.5, 0.6) is 0 Å². The Kier molecular flexibility index (Phi) is 8.92. The summed E-state index contributed by atoms with van der Waals surface area (Å²) in [5.41, 5.74) is 0. The number of hydrogen-bond donors (Lipinski definition) is 2. The van der Waals surface area contributed by atoms with Gasteiger partial charge in [0.15, 0.2) is 0 Å². The molecule has 14 heavy (non-hydrogen) atoms. The molecule has 0 aliphatic heterocycles. The summed E-state index contributed by atoms with van der Waals surface area (Å²) in [6.07, 6.45) is 9.51. The molecule has 1 amide bonds. The molecule has 0 aliphatic rings. The Balaban J connectivity index is 3.19. The highest BCUT2D eigenvalue weighted by Gasteiger charge is 1.97. The molecule has 3 heteroatoms. The van der Waals surface area contributed by atoms with Crippen LogP contribution in [0.25, 0.3) is 0 Å². The molecule has 0 aromatic heterocycles. The highest BCUT2D eigenvalue weighted by Crippen LogP contribution is 1.90. The highest BCUT2D eigenvalue weighted by atomic mass is 16.1. The number of hydrogen-bond acceptors (Lipinski definition) is 2. The molecule has 0 aromatic rings. The van der Waals surface area contributed by atoms with Crippen molar-refractivity contribution in [1.29, 1.82) is 0 Å². The molecule has 2 N–H and O–H groups in total. The maximum Gasteiger partial charge on any atom is 0.233 e. The second kappa shape index (κ2) is 9.82. The number of unbranched alkanes of at least 4 members (excludes halogenated alkanes) is 2. The van der Waals surface area contributed by atoms with Crippen molar-refractivity contribution in [3.05, 3.63) is 12.7 Å². The minimum absolute atomic E-state index is 0.0209. The van der Waals surface area contributed by atoms with E-state index in [0.717, 1.165) is 19.3 Å². The Morgan fingerprint density at radius 2 is 2.29 bits per heavy atom. The topological polar surface area (TPSA) is 41.1 Å². The minimum Gasteiger partial charge on any atom is -0.355 e. The molecule has 0 heterocycles. The largest absolute Gasteiger partial charge is 0.355 e. The predicted molar refractivity (Wildman–Crippen MR) is 58.8 cm³/mol. The zero-order valence-corrected chi connectivity index (χ0v) is 8.51. The van der Waals surface area contributed by atoms with Crippen LogP contribution in [0.4, 0.5) is 0 Å². The summed E-state index contributed by atoms with van der Waals surface area (Å²) in [6, 6.07) is 0. The lowest BCUT2D eigenvalue weighted by Crippen LogP contribution is -2.34. The third kappa shape index (κ3) is 8.82. The average Bonchev–Trinajstić information content (AvgIpc) is 2.18. The molecular weight excluding hydrogens is 176 g/mol. The third-order valence-electron chi connectivity index (χ3n) is 1.64. The summed E-state index contributed by atoms with van der Waals surface area (Å²) in [4.78, 5) is 11.1. The molecule has 0 saturated heterocycles. The smallest absolute Gasteiger partial charge is 0.233 e. The van der Waals surface area contributed by atoms with E-state index in [0.29, 0.717) is 19.6 Å². The Bertz CT molecular complexity index is 206. The SMILES string of the molecule is C#CCCCCNC(=O)CNCC=C. The zero-order chi connectivity index (χ0) is 10.6. The maximum atomic E-state index is 11.1. The van der Waals surface area contributed by atoms with E-state index in [4.69, 9.17) is 6.42 Å². The van der Waals surface area contributed by atoms with Crippen molar-refractivity contribution in [2.45, 2.75) is 19.3 Å². The molecule has 0 radical (unpaired) electrons. The summed E-state index contributed by atoms with van der Waals surface area (Å²) in [6.45, 7) is 5.25. The van der Waals surface area contributed by atoms with E-state index in [9.17, 15) is 4.79 Å². The van der Waals surface area contributed by atoms with E-state index < -0.39 is 0 Å². The first-order chi connectivity index (χ1) is 6.81. The van der Waals surface area contributed by atoms with Crippen LogP contribution in [-0.2, 0) is 4.79 Å². The van der Waals surface area contributed by atoms with Crippen LogP contribution < -0.4 is 10.6 Å². The fourth-order valence-corrected chi connectivity index (χ4v) is 0.930. The standard InChI is InChI=1S/C11H18N2O/c1-3-5-6-7-9-13-11(14)10-12-8-4-2/h1,4,12H,2,5-10H2,(H,13,14). The van der Waals surface area contributed by atoms with Gasteiger partial charge in [0.05, 0.1) is 6.54 Å². The first-order valence-electron chi connectivity index (χ1n) is 4.83. The Morgan fingerprint density at radius 3 is 2.93 bits per heavy atom. The van der Waals surface area contributed by atoms with Crippen LogP contribution in [0.2, 0.25) is 0 Å². The molecule has 78 valence electrons. The second-order valence-corrected chi connectivity index (χ2v) is 2.93. The van der Waals surface area contributed by atoms with Gasteiger partial charge >= 0.3 is 0 Å². The van der Waals surface area contributed by atoms with Gasteiger partial charge in [-0.3, -0.25) is 4.79 Å². The number of nitrogens with one attached hydrogen (secondary N) is 2. The highest BCUT2D eigenvalue weighted by molar-refractivity contribution is 5.77. The number of rotatable bonds is 8. The maximum absolute atomic E-state index is 11.1. The van der Waals surface area contributed by atoms with Gasteiger partial charge in [0.1, 0.15) is 0 Å². The van der Waals surface area contributed by atoms with Crippen LogP contribution >= 0.6 is 0 Å². The first-order valence-corrected chi connectivity index (χ1v) is 4.83. The van der Waals surface area contributed by atoms with E-state index in [1.54, 1.807) is 6.08 Å². The summed E-state index contributed by atoms with van der Waals surface area (Å²) < 4.78 is 0. The molecule has 3 nitrogen and oxygen atoms in total. The predicted octanol–water partition coefficient (Wildman–Crippen LogP) is 0.682. The van der Waals surface area contributed by atoms with Gasteiger partial charge in [-0.1, -0.05) is 6.08 Å². The van der Waals surface area contributed by atoms with Crippen molar-refractivity contribution in [2.24, 2.45) is 0 Å². The van der Waals surface area contributed by atoms with Gasteiger partial charge in [-0.05, 0) is 12.8 Å². The van der Waals surface area contributed by atoms with E-state index in [2.05, 4.69) is 23.1 Å². The van der Waals surface area contributed by atoms with Crippen molar-refractivity contribution in [3.8, 4) is 12.3 Å². The molecule has 0 unspecified atom stereocenters. The van der Waals surface area contributed by atoms with Gasteiger partial charge in [0.25, 0.3) is 0 Å². The van der Waals surface area contributed by atoms with Crippen molar-refractivity contribution in [2.75, 3.05) is 19.6 Å². The lowest BCUT2D eigenvalue weighted by atomic mass is 10.2. The molecule has 0 aromatic carbocycles. The first kappa shape index (κ1) is 12.7. The number of amides is 1. The van der Waals surface area contributed by atoms with E-state index >= 15 is 0 Å². The molecule has 0 rings (SSSR count). The number of carbonyl (C=O) groups excluding carboxylic acids is 1. The van der Waals surface area contributed by atoms with Gasteiger partial charge in [-0.25, -0.2) is 0 Å². The van der Waals surface area contributed by atoms with Gasteiger partial charge in [-0.15, -0.1) is 18.9 Å². The fourth-order valence-electron chi connectivity index (χ4n) is 0.930. The molecule has 0 fully saturated rings. The lowest BCUT2D eigenvalue weighted by molar-refractivity contribution is -0.120. The van der Waals surface area contributed by atoms with Crippen LogP contribution in [0.15, 0.2) is 12.7 Å². The van der Waals surface area contributed by atoms with Crippen LogP contribution in [0, 0.1) is 12.3 Å². The van der Waals surface area contributed by atoms with E-state index in [-0.39, 0.29) is 5.91 Å². The average molecular weight is 194 g/mol. The molecule has 0 bridgehead atoms. The summed E-state index contributed by atoms with van der Waals surface area (Å²) in [7, 11) is 0. The molecule has 0 atom stereocenters. The second-order valence-electron chi connectivity index (χ2n) is 2.93. The summed E-state index contributed by atoms with van der Waals surface area (Å²) >= 11 is 0. The van der Waals surface area contributed by atoms with Crippen LogP contribution in [0.1, 0.15) is 19.3 Å². The van der Waals surface area contributed by atoms with Gasteiger partial charge < -0.3 is 10.6 Å². The van der Waals surface area contributed by atoms with Crippen LogP contribution in [-0.4, -0.2) is 25.5 Å². The van der Waals surface area contributed by atoms with Gasteiger partial charge in [0.2, 0.25) is 5.91 Å². The van der Waals surface area contributed by atoms with Crippen molar-refractivity contribution in [3.63, 3.8) is 0 Å². The van der Waals surface area contributed by atoms with Crippen molar-refractivity contribution in [1.82, 2.24) is 10.6 Å². The van der Waals surface area contributed by atoms with Crippen molar-refractivity contribution >= 4 is 5.91 Å². The molecule has 0 aliphatic carbocycles. The quantitative estimate of drug-likeness (QED) is 0.339. The third-order valence-corrected chi connectivity index (χ3v) is 1.64. The zero-order valence-electron chi connectivity index (χ0n) is 8.51. The number of terminal acetylenes is 1. The Morgan fingerprint density at radius 1 is 1.50 bits per heavy atom.